The monoisotopic (exact) mass is 257 g/mol. The van der Waals surface area contributed by atoms with E-state index in [1.165, 1.54) is 24.0 Å². The van der Waals surface area contributed by atoms with Gasteiger partial charge in [0.1, 0.15) is 5.76 Å². The Balaban J connectivity index is 2.12. The van der Waals surface area contributed by atoms with Crippen molar-refractivity contribution in [3.8, 4) is 11.1 Å². The largest absolute Gasteiger partial charge is 0.476 e. The van der Waals surface area contributed by atoms with Crippen molar-refractivity contribution in [1.82, 2.24) is 5.16 Å². The van der Waals surface area contributed by atoms with Crippen LogP contribution in [0.15, 0.2) is 22.7 Å². The molecule has 0 saturated carbocycles. The standard InChI is InChI=1S/C15H15NO3/c1-9-13(14(15(17)18)16-19-9)12-7-6-10-4-2-3-5-11(10)8-12/h6-8H,2-5H2,1H3,(H,17,18). The van der Waals surface area contributed by atoms with Crippen LogP contribution in [0.5, 0.6) is 0 Å². The Morgan fingerprint density at radius 1 is 1.26 bits per heavy atom. The molecular formula is C15H15NO3. The van der Waals surface area contributed by atoms with E-state index in [1.54, 1.807) is 6.92 Å². The topological polar surface area (TPSA) is 63.3 Å². The minimum absolute atomic E-state index is 0.00624. The third-order valence-electron chi connectivity index (χ3n) is 3.70. The summed E-state index contributed by atoms with van der Waals surface area (Å²) in [5, 5.41) is 12.8. The number of carbonyl (C=O) groups is 1. The zero-order chi connectivity index (χ0) is 13.4. The zero-order valence-electron chi connectivity index (χ0n) is 10.8. The van der Waals surface area contributed by atoms with Gasteiger partial charge in [-0.05, 0) is 49.3 Å². The van der Waals surface area contributed by atoms with E-state index < -0.39 is 5.97 Å². The number of nitrogens with zero attached hydrogens (tertiary/aromatic N) is 1. The molecule has 0 saturated heterocycles. The van der Waals surface area contributed by atoms with Crippen LogP contribution >= 0.6 is 0 Å². The van der Waals surface area contributed by atoms with Crippen LogP contribution in [0.3, 0.4) is 0 Å². The van der Waals surface area contributed by atoms with E-state index in [0.29, 0.717) is 11.3 Å². The highest BCUT2D eigenvalue weighted by atomic mass is 16.5. The highest BCUT2D eigenvalue weighted by molar-refractivity contribution is 5.94. The highest BCUT2D eigenvalue weighted by Crippen LogP contribution is 2.31. The summed E-state index contributed by atoms with van der Waals surface area (Å²) < 4.78 is 5.02. The van der Waals surface area contributed by atoms with Crippen LogP contribution in [0.1, 0.15) is 40.2 Å². The van der Waals surface area contributed by atoms with E-state index in [9.17, 15) is 4.79 Å². The molecule has 1 N–H and O–H groups in total. The van der Waals surface area contributed by atoms with Crippen molar-refractivity contribution in [1.29, 1.82) is 0 Å². The minimum atomic E-state index is -1.05. The lowest BCUT2D eigenvalue weighted by molar-refractivity contribution is 0.0686. The van der Waals surface area contributed by atoms with E-state index in [1.807, 2.05) is 6.07 Å². The second-order valence-corrected chi connectivity index (χ2v) is 4.96. The molecular weight excluding hydrogens is 242 g/mol. The van der Waals surface area contributed by atoms with Crippen LogP contribution in [0, 0.1) is 6.92 Å². The van der Waals surface area contributed by atoms with Crippen molar-refractivity contribution in [2.45, 2.75) is 32.6 Å². The van der Waals surface area contributed by atoms with Crippen molar-refractivity contribution in [2.24, 2.45) is 0 Å². The summed E-state index contributed by atoms with van der Waals surface area (Å²) in [5.74, 6) is -0.502. The quantitative estimate of drug-likeness (QED) is 0.897. The molecule has 0 fully saturated rings. The molecule has 2 aromatic rings. The van der Waals surface area contributed by atoms with Gasteiger partial charge in [0.15, 0.2) is 5.69 Å². The number of hydrogen-bond donors (Lipinski definition) is 1. The summed E-state index contributed by atoms with van der Waals surface area (Å²) >= 11 is 0. The Hall–Kier alpha value is -2.10. The molecule has 0 aliphatic heterocycles. The van der Waals surface area contributed by atoms with E-state index in [-0.39, 0.29) is 5.69 Å². The first kappa shape index (κ1) is 12.0. The summed E-state index contributed by atoms with van der Waals surface area (Å²) in [7, 11) is 0. The number of aromatic carboxylic acids is 1. The van der Waals surface area contributed by atoms with Gasteiger partial charge in [-0.2, -0.15) is 0 Å². The Morgan fingerprint density at radius 3 is 2.74 bits per heavy atom. The molecule has 0 radical (unpaired) electrons. The molecule has 1 aromatic carbocycles. The van der Waals surface area contributed by atoms with Crippen LogP contribution in [-0.2, 0) is 12.8 Å². The SMILES string of the molecule is Cc1onc(C(=O)O)c1-c1ccc2c(c1)CCCC2. The van der Waals surface area contributed by atoms with Gasteiger partial charge in [0.05, 0.1) is 5.56 Å². The normalized spacial score (nSPS) is 14.2. The van der Waals surface area contributed by atoms with Crippen LogP contribution < -0.4 is 0 Å². The molecule has 1 heterocycles. The number of benzene rings is 1. The van der Waals surface area contributed by atoms with Gasteiger partial charge in [-0.1, -0.05) is 23.4 Å². The number of fused-ring (bicyclic) bond motifs is 1. The average molecular weight is 257 g/mol. The zero-order valence-corrected chi connectivity index (χ0v) is 10.8. The van der Waals surface area contributed by atoms with E-state index in [4.69, 9.17) is 9.63 Å². The second kappa shape index (κ2) is 4.53. The Morgan fingerprint density at radius 2 is 2.00 bits per heavy atom. The lowest BCUT2D eigenvalue weighted by atomic mass is 9.89. The van der Waals surface area contributed by atoms with Crippen LogP contribution in [0.25, 0.3) is 11.1 Å². The molecule has 98 valence electrons. The highest BCUT2D eigenvalue weighted by Gasteiger charge is 2.21. The van der Waals surface area contributed by atoms with Crippen molar-refractivity contribution in [3.63, 3.8) is 0 Å². The lowest BCUT2D eigenvalue weighted by Crippen LogP contribution is -2.03. The maximum absolute atomic E-state index is 11.2. The summed E-state index contributed by atoms with van der Waals surface area (Å²) in [6.07, 6.45) is 4.61. The first-order chi connectivity index (χ1) is 9.16. The van der Waals surface area contributed by atoms with Crippen molar-refractivity contribution < 1.29 is 14.4 Å². The van der Waals surface area contributed by atoms with Gasteiger partial charge in [-0.15, -0.1) is 0 Å². The molecule has 3 rings (SSSR count). The molecule has 0 amide bonds. The molecule has 1 aromatic heterocycles. The van der Waals surface area contributed by atoms with Gasteiger partial charge >= 0.3 is 5.97 Å². The summed E-state index contributed by atoms with van der Waals surface area (Å²) in [5.41, 5.74) is 4.17. The number of rotatable bonds is 2. The van der Waals surface area contributed by atoms with Crippen LogP contribution in [-0.4, -0.2) is 16.2 Å². The molecule has 19 heavy (non-hydrogen) atoms. The second-order valence-electron chi connectivity index (χ2n) is 4.96. The fourth-order valence-electron chi connectivity index (χ4n) is 2.75. The van der Waals surface area contributed by atoms with Gasteiger partial charge in [-0.3, -0.25) is 0 Å². The fourth-order valence-corrected chi connectivity index (χ4v) is 2.75. The third-order valence-corrected chi connectivity index (χ3v) is 3.70. The van der Waals surface area contributed by atoms with Gasteiger partial charge in [0, 0.05) is 0 Å². The average Bonchev–Trinajstić information content (AvgIpc) is 2.80. The van der Waals surface area contributed by atoms with Gasteiger partial charge in [0.25, 0.3) is 0 Å². The number of carboxylic acid groups (broad SMARTS) is 1. The Labute approximate surface area is 111 Å². The van der Waals surface area contributed by atoms with Gasteiger partial charge in [0.2, 0.25) is 0 Å². The van der Waals surface area contributed by atoms with Crippen molar-refractivity contribution >= 4 is 5.97 Å². The minimum Gasteiger partial charge on any atom is -0.476 e. The Kier molecular flexibility index (Phi) is 2.85. The number of hydrogen-bond acceptors (Lipinski definition) is 3. The Bertz CT molecular complexity index is 643. The first-order valence-electron chi connectivity index (χ1n) is 6.48. The maximum Gasteiger partial charge on any atom is 0.358 e. The molecule has 1 aliphatic rings. The van der Waals surface area contributed by atoms with Crippen molar-refractivity contribution in [3.05, 3.63) is 40.8 Å². The summed E-state index contributed by atoms with van der Waals surface area (Å²) in [6, 6.07) is 6.15. The first-order valence-corrected chi connectivity index (χ1v) is 6.48. The van der Waals surface area contributed by atoms with Crippen LogP contribution in [0.2, 0.25) is 0 Å². The molecule has 0 atom stereocenters. The van der Waals surface area contributed by atoms with E-state index in [2.05, 4.69) is 17.3 Å². The summed E-state index contributed by atoms with van der Waals surface area (Å²) in [6.45, 7) is 1.74. The molecule has 4 nitrogen and oxygen atoms in total. The van der Waals surface area contributed by atoms with Crippen LogP contribution in [0.4, 0.5) is 0 Å². The summed E-state index contributed by atoms with van der Waals surface area (Å²) in [4.78, 5) is 11.2. The predicted molar refractivity (Wildman–Crippen MR) is 70.3 cm³/mol. The van der Waals surface area contributed by atoms with Gasteiger partial charge in [-0.25, -0.2) is 4.79 Å². The molecule has 1 aliphatic carbocycles. The maximum atomic E-state index is 11.2. The van der Waals surface area contributed by atoms with E-state index >= 15 is 0 Å². The number of aromatic nitrogens is 1. The lowest BCUT2D eigenvalue weighted by Gasteiger charge is -2.16. The van der Waals surface area contributed by atoms with Gasteiger partial charge < -0.3 is 9.63 Å². The fraction of sp³-hybridized carbons (Fsp3) is 0.333. The predicted octanol–water partition coefficient (Wildman–Crippen LogP) is 3.23. The molecule has 4 heteroatoms. The number of carboxylic acids is 1. The molecule has 0 spiro atoms. The third kappa shape index (κ3) is 2.03. The molecule has 0 unspecified atom stereocenters. The smallest absolute Gasteiger partial charge is 0.358 e. The molecule has 0 bridgehead atoms. The van der Waals surface area contributed by atoms with Crippen molar-refractivity contribution in [2.75, 3.05) is 0 Å². The van der Waals surface area contributed by atoms with E-state index in [0.717, 1.165) is 18.4 Å². The number of aryl methyl sites for hydroxylation is 3.